The van der Waals surface area contributed by atoms with Gasteiger partial charge in [-0.1, -0.05) is 41.9 Å². The lowest BCUT2D eigenvalue weighted by molar-refractivity contribution is 0.628. The third kappa shape index (κ3) is 2.72. The minimum atomic E-state index is -0.273. The van der Waals surface area contributed by atoms with E-state index >= 15 is 0 Å². The Morgan fingerprint density at radius 1 is 0.958 bits per heavy atom. The molecule has 4 rings (SSSR count). The number of aromatic nitrogens is 2. The van der Waals surface area contributed by atoms with Crippen LogP contribution in [0.2, 0.25) is 5.02 Å². The van der Waals surface area contributed by atoms with Gasteiger partial charge in [-0.25, -0.2) is 4.39 Å². The summed E-state index contributed by atoms with van der Waals surface area (Å²) in [5.74, 6) is 0.399. The molecule has 0 aliphatic heterocycles. The number of fused-ring (bicyclic) bond motifs is 1. The third-order valence-electron chi connectivity index (χ3n) is 3.84. The first-order chi connectivity index (χ1) is 11.7. The van der Waals surface area contributed by atoms with Crippen molar-refractivity contribution < 1.29 is 4.39 Å². The summed E-state index contributed by atoms with van der Waals surface area (Å²) in [4.78, 5) is 0. The standard InChI is InChI=1S/C19H13ClFN3/c20-17-11-18-16(10-15(17)12-4-2-1-3-5-12)19(24-23-18)22-14-8-6-13(21)7-9-14/h1-11H,(H2,22,23,24). The maximum Gasteiger partial charge on any atom is 0.160 e. The van der Waals surface area contributed by atoms with Gasteiger partial charge in [0, 0.05) is 16.6 Å². The molecule has 1 aromatic heterocycles. The molecule has 118 valence electrons. The van der Waals surface area contributed by atoms with Gasteiger partial charge in [-0.15, -0.1) is 0 Å². The number of benzene rings is 3. The van der Waals surface area contributed by atoms with Crippen molar-refractivity contribution in [3.63, 3.8) is 0 Å². The SMILES string of the molecule is Fc1ccc(Nc2n[nH]c3cc(Cl)c(-c4ccccc4)cc23)cc1. The quantitative estimate of drug-likeness (QED) is 0.498. The van der Waals surface area contributed by atoms with E-state index in [2.05, 4.69) is 15.5 Å². The van der Waals surface area contributed by atoms with E-state index in [0.29, 0.717) is 10.8 Å². The van der Waals surface area contributed by atoms with Crippen LogP contribution in [0.25, 0.3) is 22.0 Å². The van der Waals surface area contributed by atoms with Gasteiger partial charge in [-0.2, -0.15) is 5.10 Å². The smallest absolute Gasteiger partial charge is 0.160 e. The Labute approximate surface area is 143 Å². The van der Waals surface area contributed by atoms with Crippen molar-refractivity contribution in [2.45, 2.75) is 0 Å². The summed E-state index contributed by atoms with van der Waals surface area (Å²) < 4.78 is 13.0. The molecule has 3 nitrogen and oxygen atoms in total. The summed E-state index contributed by atoms with van der Waals surface area (Å²) >= 11 is 6.41. The number of nitrogens with zero attached hydrogens (tertiary/aromatic N) is 1. The van der Waals surface area contributed by atoms with Crippen LogP contribution in [0, 0.1) is 5.82 Å². The van der Waals surface area contributed by atoms with Crippen LogP contribution in [-0.2, 0) is 0 Å². The highest BCUT2D eigenvalue weighted by molar-refractivity contribution is 6.34. The molecule has 4 aromatic rings. The van der Waals surface area contributed by atoms with Crippen LogP contribution in [0.3, 0.4) is 0 Å². The summed E-state index contributed by atoms with van der Waals surface area (Å²) in [5.41, 5.74) is 3.58. The molecule has 5 heteroatoms. The first kappa shape index (κ1) is 14.7. The number of hydrogen-bond donors (Lipinski definition) is 2. The average molecular weight is 338 g/mol. The molecular weight excluding hydrogens is 325 g/mol. The monoisotopic (exact) mass is 337 g/mol. The molecule has 2 N–H and O–H groups in total. The zero-order chi connectivity index (χ0) is 16.5. The highest BCUT2D eigenvalue weighted by Gasteiger charge is 2.11. The van der Waals surface area contributed by atoms with E-state index in [9.17, 15) is 4.39 Å². The van der Waals surface area contributed by atoms with Crippen molar-refractivity contribution in [2.75, 3.05) is 5.32 Å². The van der Waals surface area contributed by atoms with Gasteiger partial charge in [0.25, 0.3) is 0 Å². The van der Waals surface area contributed by atoms with Gasteiger partial charge in [0.15, 0.2) is 5.82 Å². The van der Waals surface area contributed by atoms with Gasteiger partial charge in [0.05, 0.1) is 10.5 Å². The van der Waals surface area contributed by atoms with Crippen LogP contribution >= 0.6 is 11.6 Å². The van der Waals surface area contributed by atoms with Crippen molar-refractivity contribution in [2.24, 2.45) is 0 Å². The summed E-state index contributed by atoms with van der Waals surface area (Å²) in [7, 11) is 0. The van der Waals surface area contributed by atoms with Gasteiger partial charge in [-0.3, -0.25) is 5.10 Å². The number of nitrogens with one attached hydrogen (secondary N) is 2. The number of rotatable bonds is 3. The molecule has 0 amide bonds. The molecule has 0 saturated heterocycles. The molecule has 0 atom stereocenters. The largest absolute Gasteiger partial charge is 0.338 e. The zero-order valence-electron chi connectivity index (χ0n) is 12.6. The fraction of sp³-hybridized carbons (Fsp3) is 0. The predicted molar refractivity (Wildman–Crippen MR) is 96.2 cm³/mol. The number of H-pyrrole nitrogens is 1. The highest BCUT2D eigenvalue weighted by atomic mass is 35.5. The van der Waals surface area contributed by atoms with Gasteiger partial charge >= 0.3 is 0 Å². The van der Waals surface area contributed by atoms with Crippen LogP contribution in [0.5, 0.6) is 0 Å². The topological polar surface area (TPSA) is 40.7 Å². The first-order valence-corrected chi connectivity index (χ1v) is 7.84. The van der Waals surface area contributed by atoms with Gasteiger partial charge in [-0.05, 0) is 42.0 Å². The third-order valence-corrected chi connectivity index (χ3v) is 4.15. The van der Waals surface area contributed by atoms with E-state index in [4.69, 9.17) is 11.6 Å². The number of hydrogen-bond acceptors (Lipinski definition) is 2. The van der Waals surface area contributed by atoms with E-state index in [-0.39, 0.29) is 5.82 Å². The lowest BCUT2D eigenvalue weighted by Gasteiger charge is -2.07. The Morgan fingerprint density at radius 2 is 1.71 bits per heavy atom. The Kier molecular flexibility index (Phi) is 3.67. The second-order valence-corrected chi connectivity index (χ2v) is 5.85. The van der Waals surface area contributed by atoms with Gasteiger partial charge in [0.1, 0.15) is 5.82 Å². The summed E-state index contributed by atoms with van der Waals surface area (Å²) in [6, 6.07) is 20.0. The Hall–Kier alpha value is -2.85. The number of aromatic amines is 1. The molecule has 0 aliphatic carbocycles. The van der Waals surface area contributed by atoms with Crippen LogP contribution < -0.4 is 5.32 Å². The zero-order valence-corrected chi connectivity index (χ0v) is 13.3. The lowest BCUT2D eigenvalue weighted by atomic mass is 10.0. The highest BCUT2D eigenvalue weighted by Crippen LogP contribution is 2.34. The molecule has 3 aromatic carbocycles. The maximum absolute atomic E-state index is 13.0. The molecular formula is C19H13ClFN3. The van der Waals surface area contributed by atoms with Crippen molar-refractivity contribution in [1.29, 1.82) is 0 Å². The molecule has 1 heterocycles. The summed E-state index contributed by atoms with van der Waals surface area (Å²) in [6.07, 6.45) is 0. The van der Waals surface area contributed by atoms with Gasteiger partial charge in [0.2, 0.25) is 0 Å². The lowest BCUT2D eigenvalue weighted by Crippen LogP contribution is -1.91. The van der Waals surface area contributed by atoms with E-state index < -0.39 is 0 Å². The molecule has 0 spiro atoms. The maximum atomic E-state index is 13.0. The fourth-order valence-electron chi connectivity index (χ4n) is 2.64. The minimum absolute atomic E-state index is 0.273. The molecule has 0 bridgehead atoms. The van der Waals surface area contributed by atoms with Gasteiger partial charge < -0.3 is 5.32 Å². The number of halogens is 2. The van der Waals surface area contributed by atoms with E-state index in [1.807, 2.05) is 42.5 Å². The van der Waals surface area contributed by atoms with Crippen LogP contribution in [0.1, 0.15) is 0 Å². The van der Waals surface area contributed by atoms with Crippen molar-refractivity contribution in [1.82, 2.24) is 10.2 Å². The Morgan fingerprint density at radius 3 is 2.46 bits per heavy atom. The number of anilines is 2. The fourth-order valence-corrected chi connectivity index (χ4v) is 2.91. The van der Waals surface area contributed by atoms with Crippen molar-refractivity contribution in [3.05, 3.63) is 77.6 Å². The Bertz CT molecular complexity index is 994. The van der Waals surface area contributed by atoms with E-state index in [1.54, 1.807) is 12.1 Å². The molecule has 0 aliphatic rings. The Balaban J connectivity index is 1.79. The van der Waals surface area contributed by atoms with Crippen LogP contribution in [-0.4, -0.2) is 10.2 Å². The van der Waals surface area contributed by atoms with E-state index in [1.165, 1.54) is 12.1 Å². The summed E-state index contributed by atoms with van der Waals surface area (Å²) in [5, 5.41) is 12.0. The molecule has 0 unspecified atom stereocenters. The molecule has 0 fully saturated rings. The van der Waals surface area contributed by atoms with E-state index in [0.717, 1.165) is 27.7 Å². The van der Waals surface area contributed by atoms with Crippen LogP contribution in [0.15, 0.2) is 66.7 Å². The first-order valence-electron chi connectivity index (χ1n) is 7.46. The van der Waals surface area contributed by atoms with Crippen molar-refractivity contribution >= 4 is 34.0 Å². The summed E-state index contributed by atoms with van der Waals surface area (Å²) in [6.45, 7) is 0. The van der Waals surface area contributed by atoms with Crippen molar-refractivity contribution in [3.8, 4) is 11.1 Å². The van der Waals surface area contributed by atoms with Crippen LogP contribution in [0.4, 0.5) is 15.9 Å². The minimum Gasteiger partial charge on any atom is -0.338 e. The normalized spacial score (nSPS) is 10.9. The second kappa shape index (κ2) is 5.98. The average Bonchev–Trinajstić information content (AvgIpc) is 2.98. The predicted octanol–water partition coefficient (Wildman–Crippen LogP) is 5.77. The molecule has 0 radical (unpaired) electrons. The molecule has 0 saturated carbocycles. The molecule has 24 heavy (non-hydrogen) atoms. The second-order valence-electron chi connectivity index (χ2n) is 5.45.